The lowest BCUT2D eigenvalue weighted by Gasteiger charge is -2.21. The molecule has 4 heteroatoms. The van der Waals surface area contributed by atoms with Crippen LogP contribution in [0.2, 0.25) is 0 Å². The summed E-state index contributed by atoms with van der Waals surface area (Å²) in [6.07, 6.45) is 2.33. The van der Waals surface area contributed by atoms with Crippen LogP contribution in [0.5, 0.6) is 0 Å². The number of nitrogens with one attached hydrogen (secondary N) is 1. The van der Waals surface area contributed by atoms with Crippen LogP contribution in [-0.2, 0) is 11.3 Å². The first-order valence-corrected chi connectivity index (χ1v) is 6.39. The topological polar surface area (TPSA) is 32.3 Å². The molecule has 0 radical (unpaired) electrons. The highest BCUT2D eigenvalue weighted by Crippen LogP contribution is 2.16. The van der Waals surface area contributed by atoms with Crippen LogP contribution in [0.25, 0.3) is 0 Å². The lowest BCUT2D eigenvalue weighted by atomic mass is 10.1. The molecule has 1 aromatic rings. The van der Waals surface area contributed by atoms with E-state index < -0.39 is 0 Å². The molecular weight excluding hydrogens is 231 g/mol. The molecule has 0 aliphatic carbocycles. The third kappa shape index (κ3) is 3.07. The summed E-state index contributed by atoms with van der Waals surface area (Å²) in [4.78, 5) is 13.7. The Balaban J connectivity index is 2.04. The average Bonchev–Trinajstić information content (AvgIpc) is 2.55. The largest absolute Gasteiger partial charge is 0.338 e. The normalized spacial score (nSPS) is 20.9. The molecule has 0 bridgehead atoms. The van der Waals surface area contributed by atoms with Crippen molar-refractivity contribution in [1.82, 2.24) is 10.2 Å². The number of benzene rings is 1. The average molecular weight is 250 g/mol. The minimum Gasteiger partial charge on any atom is -0.338 e. The van der Waals surface area contributed by atoms with Crippen molar-refractivity contribution in [3.05, 3.63) is 35.6 Å². The summed E-state index contributed by atoms with van der Waals surface area (Å²) in [5.41, 5.74) is 0.591. The third-order valence-electron chi connectivity index (χ3n) is 3.53. The fourth-order valence-corrected chi connectivity index (χ4v) is 2.32. The van der Waals surface area contributed by atoms with Crippen molar-refractivity contribution < 1.29 is 9.18 Å². The van der Waals surface area contributed by atoms with Gasteiger partial charge in [-0.3, -0.25) is 4.79 Å². The Morgan fingerprint density at radius 3 is 2.89 bits per heavy atom. The molecule has 1 unspecified atom stereocenters. The zero-order valence-electron chi connectivity index (χ0n) is 10.7. The van der Waals surface area contributed by atoms with Crippen molar-refractivity contribution in [2.24, 2.45) is 0 Å². The number of nitrogens with zero attached hydrogens (tertiary/aromatic N) is 1. The number of carbonyl (C=O) groups excluding carboxylic acids is 1. The van der Waals surface area contributed by atoms with Crippen LogP contribution in [-0.4, -0.2) is 30.4 Å². The summed E-state index contributed by atoms with van der Waals surface area (Å²) in [5, 5.41) is 3.21. The molecule has 1 aliphatic heterocycles. The summed E-state index contributed by atoms with van der Waals surface area (Å²) in [6.45, 7) is 1.07. The summed E-state index contributed by atoms with van der Waals surface area (Å²) >= 11 is 0. The predicted octanol–water partition coefficient (Wildman–Crippen LogP) is 1.93. The van der Waals surface area contributed by atoms with Gasteiger partial charge < -0.3 is 10.2 Å². The molecule has 1 N–H and O–H groups in total. The SMILES string of the molecule is CNC1CCC(=O)N(Cc2ccccc2F)CC1. The Kier molecular flexibility index (Phi) is 4.31. The molecule has 1 amide bonds. The molecule has 3 nitrogen and oxygen atoms in total. The maximum absolute atomic E-state index is 13.6. The van der Waals surface area contributed by atoms with Gasteiger partial charge in [-0.15, -0.1) is 0 Å². The third-order valence-corrected chi connectivity index (χ3v) is 3.53. The van der Waals surface area contributed by atoms with E-state index >= 15 is 0 Å². The van der Waals surface area contributed by atoms with Crippen LogP contribution in [0, 0.1) is 5.82 Å². The number of hydrogen-bond donors (Lipinski definition) is 1. The second-order valence-corrected chi connectivity index (χ2v) is 4.72. The van der Waals surface area contributed by atoms with Gasteiger partial charge in [0.1, 0.15) is 5.82 Å². The number of hydrogen-bond acceptors (Lipinski definition) is 2. The van der Waals surface area contributed by atoms with Gasteiger partial charge >= 0.3 is 0 Å². The highest BCUT2D eigenvalue weighted by molar-refractivity contribution is 5.76. The second kappa shape index (κ2) is 5.96. The Bertz CT molecular complexity index is 422. The Morgan fingerprint density at radius 1 is 1.39 bits per heavy atom. The first kappa shape index (κ1) is 13.0. The highest BCUT2D eigenvalue weighted by atomic mass is 19.1. The van der Waals surface area contributed by atoms with Crippen molar-refractivity contribution in [2.45, 2.75) is 31.8 Å². The van der Waals surface area contributed by atoms with E-state index in [2.05, 4.69) is 5.32 Å². The lowest BCUT2D eigenvalue weighted by molar-refractivity contribution is -0.131. The van der Waals surface area contributed by atoms with E-state index in [9.17, 15) is 9.18 Å². The number of halogens is 1. The highest BCUT2D eigenvalue weighted by Gasteiger charge is 2.22. The summed E-state index contributed by atoms with van der Waals surface area (Å²) in [5.74, 6) is -0.115. The van der Waals surface area contributed by atoms with Gasteiger partial charge in [0.25, 0.3) is 0 Å². The van der Waals surface area contributed by atoms with E-state index in [1.807, 2.05) is 7.05 Å². The van der Waals surface area contributed by atoms with Gasteiger partial charge in [0, 0.05) is 31.1 Å². The Labute approximate surface area is 107 Å². The molecule has 1 fully saturated rings. The first-order valence-electron chi connectivity index (χ1n) is 6.39. The smallest absolute Gasteiger partial charge is 0.222 e. The van der Waals surface area contributed by atoms with E-state index in [1.54, 1.807) is 23.1 Å². The number of carbonyl (C=O) groups is 1. The van der Waals surface area contributed by atoms with Gasteiger partial charge in [-0.1, -0.05) is 18.2 Å². The van der Waals surface area contributed by atoms with Crippen LogP contribution in [0.3, 0.4) is 0 Å². The molecule has 18 heavy (non-hydrogen) atoms. The fraction of sp³-hybridized carbons (Fsp3) is 0.500. The number of likely N-dealkylation sites (tertiary alicyclic amines) is 1. The Morgan fingerprint density at radius 2 is 2.17 bits per heavy atom. The maximum Gasteiger partial charge on any atom is 0.222 e. The molecule has 0 saturated carbocycles. The van der Waals surface area contributed by atoms with Gasteiger partial charge in [0.15, 0.2) is 0 Å². The molecule has 1 aliphatic rings. The van der Waals surface area contributed by atoms with Gasteiger partial charge in [-0.2, -0.15) is 0 Å². The number of rotatable bonds is 3. The zero-order valence-corrected chi connectivity index (χ0v) is 10.7. The van der Waals surface area contributed by atoms with Gasteiger partial charge in [-0.05, 0) is 26.0 Å². The molecule has 0 spiro atoms. The van der Waals surface area contributed by atoms with Gasteiger partial charge in [0.2, 0.25) is 5.91 Å². The first-order chi connectivity index (χ1) is 8.70. The van der Waals surface area contributed by atoms with E-state index in [-0.39, 0.29) is 11.7 Å². The summed E-state index contributed by atoms with van der Waals surface area (Å²) < 4.78 is 13.6. The summed E-state index contributed by atoms with van der Waals surface area (Å²) in [7, 11) is 1.92. The van der Waals surface area contributed by atoms with Gasteiger partial charge in [0.05, 0.1) is 0 Å². The summed E-state index contributed by atoms with van der Waals surface area (Å²) in [6, 6.07) is 7.04. The number of amides is 1. The van der Waals surface area contributed by atoms with Crippen LogP contribution in [0.1, 0.15) is 24.8 Å². The fourth-order valence-electron chi connectivity index (χ4n) is 2.32. The van der Waals surface area contributed by atoms with E-state index in [4.69, 9.17) is 0 Å². The van der Waals surface area contributed by atoms with Crippen LogP contribution in [0.15, 0.2) is 24.3 Å². The van der Waals surface area contributed by atoms with Crippen LogP contribution >= 0.6 is 0 Å². The predicted molar refractivity (Wildman–Crippen MR) is 68.5 cm³/mol. The van der Waals surface area contributed by atoms with Crippen molar-refractivity contribution >= 4 is 5.91 Å². The second-order valence-electron chi connectivity index (χ2n) is 4.72. The molecule has 1 saturated heterocycles. The van der Waals surface area contributed by atoms with Crippen LogP contribution in [0.4, 0.5) is 4.39 Å². The van der Waals surface area contributed by atoms with Crippen molar-refractivity contribution in [3.63, 3.8) is 0 Å². The molecule has 1 heterocycles. The van der Waals surface area contributed by atoms with Crippen molar-refractivity contribution in [1.29, 1.82) is 0 Å². The molecule has 1 atom stereocenters. The lowest BCUT2D eigenvalue weighted by Crippen LogP contribution is -2.31. The van der Waals surface area contributed by atoms with Crippen molar-refractivity contribution in [3.8, 4) is 0 Å². The van der Waals surface area contributed by atoms with E-state index in [0.29, 0.717) is 31.1 Å². The molecule has 2 rings (SSSR count). The maximum atomic E-state index is 13.6. The minimum absolute atomic E-state index is 0.121. The minimum atomic E-state index is -0.236. The quantitative estimate of drug-likeness (QED) is 0.889. The standard InChI is InChI=1S/C14H19FN2O/c1-16-12-6-7-14(18)17(9-8-12)10-11-4-2-3-5-13(11)15/h2-5,12,16H,6-10H2,1H3. The Hall–Kier alpha value is -1.42. The molecule has 1 aromatic carbocycles. The van der Waals surface area contributed by atoms with Crippen LogP contribution < -0.4 is 5.32 Å². The molecular formula is C14H19FN2O. The van der Waals surface area contributed by atoms with Crippen molar-refractivity contribution in [2.75, 3.05) is 13.6 Å². The molecule has 98 valence electrons. The van der Waals surface area contributed by atoms with Gasteiger partial charge in [-0.25, -0.2) is 4.39 Å². The molecule has 0 aromatic heterocycles. The monoisotopic (exact) mass is 250 g/mol. The zero-order chi connectivity index (χ0) is 13.0. The van der Waals surface area contributed by atoms with E-state index in [1.165, 1.54) is 6.07 Å². The van der Waals surface area contributed by atoms with E-state index in [0.717, 1.165) is 12.8 Å².